The molecule has 0 saturated carbocycles. The number of carbonyl (C=O) groups is 2. The number of hydrogen-bond donors (Lipinski definition) is 4. The maximum atomic E-state index is 13.1. The molecule has 1 aromatic carbocycles. The number of nitrogens with zero attached hydrogens (tertiary/aromatic N) is 1. The second-order valence-electron chi connectivity index (χ2n) is 7.21. The molecule has 3 rings (SSSR count). The Kier molecular flexibility index (Phi) is 8.98. The van der Waals surface area contributed by atoms with E-state index >= 15 is 0 Å². The van der Waals surface area contributed by atoms with Crippen molar-refractivity contribution in [2.75, 3.05) is 19.6 Å². The van der Waals surface area contributed by atoms with Gasteiger partial charge in [-0.25, -0.2) is 10.9 Å². The molecule has 3 atom stereocenters. The van der Waals surface area contributed by atoms with Crippen LogP contribution in [0.15, 0.2) is 24.3 Å². The lowest BCUT2D eigenvalue weighted by atomic mass is 9.98. The van der Waals surface area contributed by atoms with Gasteiger partial charge in [-0.3, -0.25) is 9.59 Å². The largest absolute Gasteiger partial charge is 0.354 e. The molecule has 0 aliphatic carbocycles. The van der Waals surface area contributed by atoms with Crippen molar-refractivity contribution in [3.05, 3.63) is 34.9 Å². The van der Waals surface area contributed by atoms with Gasteiger partial charge in [0.25, 0.3) is 0 Å². The van der Waals surface area contributed by atoms with Gasteiger partial charge in [0.05, 0.1) is 0 Å². The Morgan fingerprint density at radius 2 is 1.96 bits per heavy atom. The van der Waals surface area contributed by atoms with E-state index in [4.69, 9.17) is 17.3 Å². The predicted octanol–water partition coefficient (Wildman–Crippen LogP) is 1.52. The summed E-state index contributed by atoms with van der Waals surface area (Å²) in [5, 5.41) is 3.61. The van der Waals surface area contributed by atoms with Crippen LogP contribution in [0.3, 0.4) is 0 Å². The first-order valence-electron chi connectivity index (χ1n) is 9.62. The van der Waals surface area contributed by atoms with Crippen molar-refractivity contribution in [3.63, 3.8) is 0 Å². The zero-order valence-corrected chi connectivity index (χ0v) is 17.4. The molecule has 3 unspecified atom stereocenters. The summed E-state index contributed by atoms with van der Waals surface area (Å²) in [6.07, 6.45) is 3.99. The first-order chi connectivity index (χ1) is 13.1. The average molecular weight is 430 g/mol. The van der Waals surface area contributed by atoms with Crippen LogP contribution in [0.5, 0.6) is 0 Å². The molecular formula is C19H29Cl2N5O2. The Labute approximate surface area is 177 Å². The number of nitrogens with one attached hydrogen (secondary N) is 3. The molecule has 5 N–H and O–H groups in total. The van der Waals surface area contributed by atoms with Crippen LogP contribution in [0, 0.1) is 0 Å². The standard InChI is InChI=1S/C19H28ClN5O2.ClH/c20-14-6-4-13(5-7-14)16-11-17(24-23-16)19(27)25-10-2-1-3-15(25)12-22-18(26)8-9-21;/h4-7,15-17,23-24H,1-3,8-12,21H2,(H,22,26);1H. The first kappa shape index (κ1) is 22.9. The lowest BCUT2D eigenvalue weighted by Gasteiger charge is -2.37. The predicted molar refractivity (Wildman–Crippen MR) is 112 cm³/mol. The van der Waals surface area contributed by atoms with Gasteiger partial charge in [0.15, 0.2) is 0 Å². The van der Waals surface area contributed by atoms with Crippen LogP contribution in [0.25, 0.3) is 0 Å². The van der Waals surface area contributed by atoms with E-state index in [-0.39, 0.29) is 42.3 Å². The number of piperidine rings is 1. The highest BCUT2D eigenvalue weighted by Crippen LogP contribution is 2.26. The van der Waals surface area contributed by atoms with Gasteiger partial charge in [-0.15, -0.1) is 12.4 Å². The van der Waals surface area contributed by atoms with Crippen molar-refractivity contribution in [1.29, 1.82) is 0 Å². The second-order valence-corrected chi connectivity index (χ2v) is 7.64. The van der Waals surface area contributed by atoms with Gasteiger partial charge in [0.2, 0.25) is 11.8 Å². The number of amides is 2. The van der Waals surface area contributed by atoms with Crippen molar-refractivity contribution in [2.45, 2.75) is 50.2 Å². The monoisotopic (exact) mass is 429 g/mol. The zero-order valence-electron chi connectivity index (χ0n) is 15.8. The third-order valence-electron chi connectivity index (χ3n) is 5.29. The minimum Gasteiger partial charge on any atom is -0.354 e. The van der Waals surface area contributed by atoms with Crippen LogP contribution >= 0.6 is 24.0 Å². The fourth-order valence-corrected chi connectivity index (χ4v) is 3.91. The number of hydrazine groups is 1. The number of rotatable bonds is 6. The summed E-state index contributed by atoms with van der Waals surface area (Å²) in [5.74, 6) is 0.0377. The molecule has 2 fully saturated rings. The van der Waals surface area contributed by atoms with Crippen molar-refractivity contribution in [2.24, 2.45) is 5.73 Å². The van der Waals surface area contributed by atoms with E-state index in [2.05, 4.69) is 16.2 Å². The second kappa shape index (κ2) is 11.0. The SMILES string of the molecule is Cl.NCCC(=O)NCC1CCCCN1C(=O)C1CC(c2ccc(Cl)cc2)NN1. The number of nitrogens with two attached hydrogens (primary N) is 1. The van der Waals surface area contributed by atoms with Crippen molar-refractivity contribution < 1.29 is 9.59 Å². The molecule has 2 amide bonds. The van der Waals surface area contributed by atoms with Gasteiger partial charge in [0.1, 0.15) is 6.04 Å². The fraction of sp³-hybridized carbons (Fsp3) is 0.579. The molecular weight excluding hydrogens is 401 g/mol. The van der Waals surface area contributed by atoms with Crippen LogP contribution < -0.4 is 21.9 Å². The summed E-state index contributed by atoms with van der Waals surface area (Å²) in [4.78, 5) is 26.7. The van der Waals surface area contributed by atoms with Gasteiger partial charge >= 0.3 is 0 Å². The highest BCUT2D eigenvalue weighted by atomic mass is 35.5. The summed E-state index contributed by atoms with van der Waals surface area (Å²) < 4.78 is 0. The van der Waals surface area contributed by atoms with Gasteiger partial charge < -0.3 is 16.0 Å². The van der Waals surface area contributed by atoms with E-state index in [1.165, 1.54) is 0 Å². The highest BCUT2D eigenvalue weighted by molar-refractivity contribution is 6.30. The Hall–Kier alpha value is -1.38. The Morgan fingerprint density at radius 3 is 2.68 bits per heavy atom. The van der Waals surface area contributed by atoms with E-state index in [0.29, 0.717) is 31.0 Å². The summed E-state index contributed by atoms with van der Waals surface area (Å²) in [5.41, 5.74) is 12.9. The molecule has 1 aromatic rings. The molecule has 9 heteroatoms. The maximum Gasteiger partial charge on any atom is 0.241 e. The number of carbonyl (C=O) groups excluding carboxylic acids is 2. The van der Waals surface area contributed by atoms with E-state index in [9.17, 15) is 9.59 Å². The summed E-state index contributed by atoms with van der Waals surface area (Å²) >= 11 is 5.95. The highest BCUT2D eigenvalue weighted by Gasteiger charge is 2.36. The normalized spacial score (nSPS) is 24.5. The van der Waals surface area contributed by atoms with Crippen LogP contribution in [0.2, 0.25) is 5.02 Å². The molecule has 7 nitrogen and oxygen atoms in total. The summed E-state index contributed by atoms with van der Waals surface area (Å²) in [6.45, 7) is 1.56. The average Bonchev–Trinajstić information content (AvgIpc) is 3.17. The lowest BCUT2D eigenvalue weighted by Crippen LogP contribution is -2.54. The van der Waals surface area contributed by atoms with Crippen molar-refractivity contribution >= 4 is 35.8 Å². The summed E-state index contributed by atoms with van der Waals surface area (Å²) in [6, 6.07) is 7.52. The minimum absolute atomic E-state index is 0. The molecule has 2 heterocycles. The van der Waals surface area contributed by atoms with Crippen LogP contribution in [-0.2, 0) is 9.59 Å². The molecule has 0 spiro atoms. The third-order valence-corrected chi connectivity index (χ3v) is 5.54. The van der Waals surface area contributed by atoms with Gasteiger partial charge in [-0.05, 0) is 43.4 Å². The quantitative estimate of drug-likeness (QED) is 0.549. The van der Waals surface area contributed by atoms with Crippen molar-refractivity contribution in [3.8, 4) is 0 Å². The number of benzene rings is 1. The number of likely N-dealkylation sites (tertiary alicyclic amines) is 1. The molecule has 0 bridgehead atoms. The zero-order chi connectivity index (χ0) is 19.2. The first-order valence-corrected chi connectivity index (χ1v) is 10.00. The smallest absolute Gasteiger partial charge is 0.241 e. The maximum absolute atomic E-state index is 13.1. The lowest BCUT2D eigenvalue weighted by molar-refractivity contribution is -0.137. The van der Waals surface area contributed by atoms with Crippen LogP contribution in [0.4, 0.5) is 0 Å². The van der Waals surface area contributed by atoms with Gasteiger partial charge in [0, 0.05) is 43.2 Å². The van der Waals surface area contributed by atoms with E-state index in [1.807, 2.05) is 29.2 Å². The van der Waals surface area contributed by atoms with E-state index in [0.717, 1.165) is 31.4 Å². The van der Waals surface area contributed by atoms with Gasteiger partial charge in [-0.2, -0.15) is 0 Å². The topological polar surface area (TPSA) is 99.5 Å². The number of hydrogen-bond acceptors (Lipinski definition) is 5. The molecule has 0 aromatic heterocycles. The molecule has 2 aliphatic rings. The fourth-order valence-electron chi connectivity index (χ4n) is 3.79. The van der Waals surface area contributed by atoms with E-state index < -0.39 is 0 Å². The third kappa shape index (κ3) is 5.81. The van der Waals surface area contributed by atoms with Crippen molar-refractivity contribution in [1.82, 2.24) is 21.1 Å². The molecule has 28 heavy (non-hydrogen) atoms. The summed E-state index contributed by atoms with van der Waals surface area (Å²) in [7, 11) is 0. The molecule has 156 valence electrons. The molecule has 2 saturated heterocycles. The Morgan fingerprint density at radius 1 is 1.21 bits per heavy atom. The van der Waals surface area contributed by atoms with Gasteiger partial charge in [-0.1, -0.05) is 23.7 Å². The van der Waals surface area contributed by atoms with Crippen LogP contribution in [0.1, 0.15) is 43.7 Å². The minimum atomic E-state index is -0.272. The van der Waals surface area contributed by atoms with Crippen LogP contribution in [-0.4, -0.2) is 48.4 Å². The Balaban J connectivity index is 0.00000280. The number of halogens is 2. The molecule has 0 radical (unpaired) electrons. The molecule has 2 aliphatic heterocycles. The van der Waals surface area contributed by atoms with E-state index in [1.54, 1.807) is 0 Å². The Bertz CT molecular complexity index is 658.